The Bertz CT molecular complexity index is 1910. The number of nitrogens with one attached hydrogen (secondary N) is 1. The summed E-state index contributed by atoms with van der Waals surface area (Å²) >= 11 is 9.62. The van der Waals surface area contributed by atoms with Crippen LogP contribution in [0.3, 0.4) is 0 Å². The van der Waals surface area contributed by atoms with Crippen LogP contribution in [0.15, 0.2) is 23.8 Å². The van der Waals surface area contributed by atoms with E-state index < -0.39 is 75.3 Å². The Balaban J connectivity index is 1.15. The first-order chi connectivity index (χ1) is 21.1. The molecule has 2 saturated heterocycles. The van der Waals surface area contributed by atoms with Gasteiger partial charge in [-0.05, 0) is 23.6 Å². The van der Waals surface area contributed by atoms with Crippen LogP contribution in [0.2, 0.25) is 0 Å². The molecule has 2 unspecified atom stereocenters. The summed E-state index contributed by atoms with van der Waals surface area (Å²) in [6, 6.07) is 0. The van der Waals surface area contributed by atoms with E-state index in [-0.39, 0.29) is 29.4 Å². The average Bonchev–Trinajstić information content (AvgIpc) is 3.70. The van der Waals surface area contributed by atoms with Gasteiger partial charge in [0, 0.05) is 6.42 Å². The first-order valence-corrected chi connectivity index (χ1v) is 18.0. The largest absolute Gasteiger partial charge is 0.382 e. The lowest BCUT2D eigenvalue weighted by Crippen LogP contribution is -2.33. The molecule has 6 rings (SSSR count). The SMILES string of the molecule is Nc1nc2c(ncn2[C@H]2CC(F)(F)[C@@H](COP(O)(=S)O[C@H]3C[C@H](n4cnc5c(N)ncnc54)OC3COP(O)(O)=S)O2)c(=O)[nH]1. The molecular formula is C20H24F2N10O9P2S2. The lowest BCUT2D eigenvalue weighted by Gasteiger charge is -2.25. The van der Waals surface area contributed by atoms with Gasteiger partial charge in [0.25, 0.3) is 11.5 Å². The lowest BCUT2D eigenvalue weighted by molar-refractivity contribution is -0.0998. The summed E-state index contributed by atoms with van der Waals surface area (Å²) in [6.07, 6.45) is -3.37. The summed E-state index contributed by atoms with van der Waals surface area (Å²) in [4.78, 5) is 64.4. The molecule has 0 radical (unpaired) electrons. The van der Waals surface area contributed by atoms with Crippen molar-refractivity contribution >= 4 is 71.1 Å². The van der Waals surface area contributed by atoms with Crippen LogP contribution in [-0.2, 0) is 46.7 Å². The maximum Gasteiger partial charge on any atom is 0.324 e. The third-order valence-corrected chi connectivity index (χ3v) is 9.33. The minimum absolute atomic E-state index is 0.0213. The van der Waals surface area contributed by atoms with Gasteiger partial charge >= 0.3 is 13.4 Å². The molecule has 8 N–H and O–H groups in total. The fourth-order valence-electron chi connectivity index (χ4n) is 4.93. The summed E-state index contributed by atoms with van der Waals surface area (Å²) in [6.45, 7) is -9.75. The molecule has 0 bridgehead atoms. The van der Waals surface area contributed by atoms with Gasteiger partial charge in [0.15, 0.2) is 22.6 Å². The number of aromatic nitrogens is 8. The van der Waals surface area contributed by atoms with Crippen molar-refractivity contribution in [1.29, 1.82) is 0 Å². The van der Waals surface area contributed by atoms with Crippen LogP contribution >= 0.6 is 13.4 Å². The van der Waals surface area contributed by atoms with Crippen molar-refractivity contribution in [3.8, 4) is 0 Å². The molecule has 4 aromatic rings. The minimum atomic E-state index is -4.27. The minimum Gasteiger partial charge on any atom is -0.382 e. The maximum absolute atomic E-state index is 15.0. The van der Waals surface area contributed by atoms with Crippen LogP contribution in [0.1, 0.15) is 25.3 Å². The molecule has 2 fully saturated rings. The van der Waals surface area contributed by atoms with Crippen molar-refractivity contribution in [1.82, 2.24) is 39.0 Å². The van der Waals surface area contributed by atoms with Gasteiger partial charge in [-0.1, -0.05) is 0 Å². The van der Waals surface area contributed by atoms with Gasteiger partial charge in [-0.3, -0.25) is 18.9 Å². The highest BCUT2D eigenvalue weighted by Crippen LogP contribution is 2.51. The van der Waals surface area contributed by atoms with E-state index in [9.17, 15) is 19.5 Å². The molecule has 0 aliphatic carbocycles. The smallest absolute Gasteiger partial charge is 0.324 e. The van der Waals surface area contributed by atoms with Gasteiger partial charge in [0.2, 0.25) is 5.95 Å². The van der Waals surface area contributed by atoms with E-state index in [0.717, 1.165) is 10.9 Å². The highest BCUT2D eigenvalue weighted by atomic mass is 32.5. The highest BCUT2D eigenvalue weighted by molar-refractivity contribution is 8.07. The average molecular weight is 713 g/mol. The number of imidazole rings is 2. The molecule has 4 aromatic heterocycles. The number of aromatic amines is 1. The Hall–Kier alpha value is -2.66. The standard InChI is InChI=1S/C20H24F2N10O9P2S2/c21-20(22)2-12(32-7-28-14-17(32)29-19(24)30-18(14)33)40-10(20)4-38-43(36,45)41-8-1-11(39-9(8)3-37-42(34,35)44)31-6-27-13-15(23)25-5-26-16(13)31/h5-12H,1-4H2,(H,36,45)(H2,23,25,26)(H2,34,35,44)(H3,24,29,30,33)/t8-,9?,10+,11+,12+,43?/m0/s1. The number of nitrogens with two attached hydrogens (primary N) is 2. The lowest BCUT2D eigenvalue weighted by atomic mass is 10.2. The molecule has 45 heavy (non-hydrogen) atoms. The van der Waals surface area contributed by atoms with Gasteiger partial charge < -0.3 is 49.2 Å². The van der Waals surface area contributed by atoms with Crippen molar-refractivity contribution in [2.24, 2.45) is 0 Å². The number of halogens is 2. The Labute approximate surface area is 260 Å². The maximum atomic E-state index is 15.0. The van der Waals surface area contributed by atoms with Crippen molar-refractivity contribution < 1.29 is 46.5 Å². The molecule has 6 heterocycles. The summed E-state index contributed by atoms with van der Waals surface area (Å²) < 4.78 is 60.0. The normalized spacial score (nSPS) is 26.6. The number of H-pyrrole nitrogens is 1. The number of nitrogen functional groups attached to an aromatic ring is 2. The third-order valence-electron chi connectivity index (χ3n) is 6.94. The molecule has 0 spiro atoms. The zero-order chi connectivity index (χ0) is 32.3. The number of hydrogen-bond acceptors (Lipinski definition) is 15. The van der Waals surface area contributed by atoms with Crippen LogP contribution in [0.4, 0.5) is 20.5 Å². The quantitative estimate of drug-likeness (QED) is 0.120. The second-order valence-electron chi connectivity index (χ2n) is 9.96. The zero-order valence-electron chi connectivity index (χ0n) is 22.5. The number of ether oxygens (including phenoxy) is 2. The van der Waals surface area contributed by atoms with Gasteiger partial charge in [-0.2, -0.15) is 4.98 Å². The van der Waals surface area contributed by atoms with Gasteiger partial charge in [0.05, 0.1) is 38.4 Å². The zero-order valence-corrected chi connectivity index (χ0v) is 25.9. The first-order valence-electron chi connectivity index (χ1n) is 12.8. The molecule has 0 amide bonds. The van der Waals surface area contributed by atoms with Crippen molar-refractivity contribution in [2.45, 2.75) is 49.5 Å². The molecule has 244 valence electrons. The predicted octanol–water partition coefficient (Wildman–Crippen LogP) is 0.178. The second kappa shape index (κ2) is 11.9. The molecule has 2 aliphatic rings. The van der Waals surface area contributed by atoms with E-state index in [0.29, 0.717) is 11.2 Å². The van der Waals surface area contributed by atoms with Crippen LogP contribution in [0.5, 0.6) is 0 Å². The van der Waals surface area contributed by atoms with E-state index in [1.807, 2.05) is 0 Å². The van der Waals surface area contributed by atoms with Crippen LogP contribution in [0, 0.1) is 0 Å². The Morgan fingerprint density at radius 3 is 2.47 bits per heavy atom. The van der Waals surface area contributed by atoms with Crippen molar-refractivity contribution in [2.75, 3.05) is 24.7 Å². The van der Waals surface area contributed by atoms with Gasteiger partial charge in [-0.25, -0.2) is 28.7 Å². The second-order valence-corrected chi connectivity index (χ2v) is 15.4. The Morgan fingerprint density at radius 1 is 1.02 bits per heavy atom. The topological polar surface area (TPSA) is 266 Å². The summed E-state index contributed by atoms with van der Waals surface area (Å²) in [5, 5.41) is 0. The molecule has 0 saturated carbocycles. The Kier molecular flexibility index (Phi) is 8.50. The number of fused-ring (bicyclic) bond motifs is 2. The predicted molar refractivity (Wildman–Crippen MR) is 156 cm³/mol. The van der Waals surface area contributed by atoms with E-state index in [4.69, 9.17) is 46.3 Å². The van der Waals surface area contributed by atoms with Crippen LogP contribution in [-0.4, -0.2) is 91.2 Å². The fraction of sp³-hybridized carbons (Fsp3) is 0.500. The Morgan fingerprint density at radius 2 is 1.73 bits per heavy atom. The first kappa shape index (κ1) is 32.3. The van der Waals surface area contributed by atoms with E-state index >= 15 is 8.78 Å². The summed E-state index contributed by atoms with van der Waals surface area (Å²) in [5.74, 6) is -3.59. The molecule has 6 atom stereocenters. The fourth-order valence-corrected chi connectivity index (χ4v) is 6.91. The number of alkyl halides is 2. The van der Waals surface area contributed by atoms with Crippen LogP contribution < -0.4 is 17.0 Å². The van der Waals surface area contributed by atoms with Gasteiger partial charge in [-0.15, -0.1) is 0 Å². The molecule has 2 aliphatic heterocycles. The number of nitrogens with zero attached hydrogens (tertiary/aromatic N) is 7. The summed E-state index contributed by atoms with van der Waals surface area (Å²) in [7, 11) is 0. The van der Waals surface area contributed by atoms with E-state index in [2.05, 4.69) is 41.7 Å². The molecule has 0 aromatic carbocycles. The third kappa shape index (κ3) is 6.75. The van der Waals surface area contributed by atoms with Crippen molar-refractivity contribution in [3.63, 3.8) is 0 Å². The molecule has 19 nitrogen and oxygen atoms in total. The number of rotatable bonds is 10. The van der Waals surface area contributed by atoms with Gasteiger partial charge in [0.1, 0.15) is 36.5 Å². The number of hydrogen-bond donors (Lipinski definition) is 6. The van der Waals surface area contributed by atoms with Crippen LogP contribution in [0.25, 0.3) is 22.3 Å². The van der Waals surface area contributed by atoms with E-state index in [1.54, 1.807) is 0 Å². The highest BCUT2D eigenvalue weighted by Gasteiger charge is 2.52. The monoisotopic (exact) mass is 712 g/mol. The molecule has 25 heteroatoms. The van der Waals surface area contributed by atoms with Crippen molar-refractivity contribution in [3.05, 3.63) is 29.3 Å². The summed E-state index contributed by atoms with van der Waals surface area (Å²) in [5.41, 5.74) is 11.2. The van der Waals surface area contributed by atoms with E-state index in [1.165, 1.54) is 17.2 Å². The number of anilines is 2. The molecular weight excluding hydrogens is 688 g/mol.